The van der Waals surface area contributed by atoms with Crippen LogP contribution >= 0.6 is 0 Å². The number of allylic oxidation sites excluding steroid dienone is 4. The van der Waals surface area contributed by atoms with E-state index in [2.05, 4.69) is 252 Å². The van der Waals surface area contributed by atoms with Gasteiger partial charge in [-0.15, -0.1) is 0 Å². The van der Waals surface area contributed by atoms with E-state index in [-0.39, 0.29) is 6.71 Å². The summed E-state index contributed by atoms with van der Waals surface area (Å²) in [5.74, 6) is 0. The maximum absolute atomic E-state index is 4.00. The lowest BCUT2D eigenvalue weighted by Gasteiger charge is -2.39. The average molecular weight is 912 g/mol. The molecule has 1 aliphatic heterocycles. The molecule has 0 atom stereocenters. The van der Waals surface area contributed by atoms with Crippen LogP contribution in [0.2, 0.25) is 0 Å². The molecule has 0 saturated carbocycles. The van der Waals surface area contributed by atoms with Crippen molar-refractivity contribution in [3.63, 3.8) is 0 Å². The summed E-state index contributed by atoms with van der Waals surface area (Å²) in [7, 11) is 0. The minimum atomic E-state index is -0.129. The molecule has 9 aromatic carbocycles. The van der Waals surface area contributed by atoms with Crippen LogP contribution < -0.4 is 26.6 Å². The van der Waals surface area contributed by atoms with Crippen LogP contribution in [-0.4, -0.2) is 11.3 Å². The first-order chi connectivity index (χ1) is 35.1. The van der Waals surface area contributed by atoms with E-state index in [0.717, 1.165) is 42.7 Å². The molecule has 1 aromatic heterocycles. The zero-order valence-electron chi connectivity index (χ0n) is 40.2. The zero-order chi connectivity index (χ0) is 47.3. The van der Waals surface area contributed by atoms with Gasteiger partial charge in [0, 0.05) is 45.2 Å². The van der Waals surface area contributed by atoms with Gasteiger partial charge in [0.25, 0.3) is 0 Å². The van der Waals surface area contributed by atoms with Crippen LogP contribution in [0, 0.1) is 6.92 Å². The Balaban J connectivity index is 1.06. The van der Waals surface area contributed by atoms with Crippen molar-refractivity contribution in [3.05, 3.63) is 253 Å². The Morgan fingerprint density at radius 3 is 1.79 bits per heavy atom. The molecule has 340 valence electrons. The summed E-state index contributed by atoms with van der Waals surface area (Å²) in [5, 5.41) is 5.39. The van der Waals surface area contributed by atoms with Crippen molar-refractivity contribution in [1.82, 2.24) is 4.57 Å². The molecule has 0 radical (unpaired) electrons. The highest BCUT2D eigenvalue weighted by Gasteiger charge is 2.39. The van der Waals surface area contributed by atoms with Crippen LogP contribution in [0.15, 0.2) is 231 Å². The van der Waals surface area contributed by atoms with Gasteiger partial charge in [-0.2, -0.15) is 0 Å². The Hall–Kier alpha value is -8.34. The Labute approximate surface area is 418 Å². The number of hydrogen-bond acceptors (Lipinski definition) is 2. The van der Waals surface area contributed by atoms with Crippen molar-refractivity contribution in [1.29, 1.82) is 0 Å². The lowest BCUT2D eigenvalue weighted by Crippen LogP contribution is -2.58. The topological polar surface area (TPSA) is 20.2 Å². The number of para-hydroxylation sites is 1. The van der Waals surface area contributed by atoms with E-state index >= 15 is 0 Å². The summed E-state index contributed by atoms with van der Waals surface area (Å²) < 4.78 is 2.60. The summed E-state index contributed by atoms with van der Waals surface area (Å²) in [5.41, 5.74) is 26.0. The number of hydrogen-bond donors (Lipinski definition) is 1. The standard InChI is InChI=1S/C67H54BN3/c1-46-42-57(71-63-28-16-14-26-58(63)59-27-15-17-29-64(59)71)45-66-67(46)68(60-43-53(49-22-10-4-11-23-49)34-40-62(60)69-55-36-30-51(31-37-55)47-18-6-2-7-19-47)61-44-54(50-24-12-5-13-25-50)35-41-65(61)70(66)56-38-32-52(33-39-56)48-20-8-3-9-21-48/h3-6,8-14,16,18-26,28,30-45,69H,2,7,15,17,27,29H2,1H3. The highest BCUT2D eigenvalue weighted by atomic mass is 15.2. The van der Waals surface area contributed by atoms with Gasteiger partial charge in [-0.3, -0.25) is 0 Å². The van der Waals surface area contributed by atoms with Crippen molar-refractivity contribution >= 4 is 68.0 Å². The van der Waals surface area contributed by atoms with Gasteiger partial charge in [0.05, 0.1) is 5.52 Å². The highest BCUT2D eigenvalue weighted by molar-refractivity contribution is 6.99. The van der Waals surface area contributed by atoms with Crippen molar-refractivity contribution in [2.75, 3.05) is 10.2 Å². The van der Waals surface area contributed by atoms with Gasteiger partial charge in [-0.05, 0) is 167 Å². The molecule has 3 nitrogen and oxygen atoms in total. The van der Waals surface area contributed by atoms with Crippen LogP contribution in [0.5, 0.6) is 0 Å². The Morgan fingerprint density at radius 2 is 1.08 bits per heavy atom. The van der Waals surface area contributed by atoms with Crippen molar-refractivity contribution in [2.24, 2.45) is 0 Å². The quantitative estimate of drug-likeness (QED) is 0.146. The van der Waals surface area contributed by atoms with Crippen LogP contribution in [-0.2, 0) is 12.8 Å². The fraction of sp³-hybridized carbons (Fsp3) is 0.104. The SMILES string of the molecule is Cc1cc(-n2c3c(c4ccccc42)CCCC3)cc2c1B(c1cc(-c3ccccc3)ccc1Nc1ccc(C3=CCCC=C3)cc1)c1cc(-c3ccccc3)ccc1N2c1ccc(-c2ccccc2)cc1. The van der Waals surface area contributed by atoms with Gasteiger partial charge < -0.3 is 14.8 Å². The number of aromatic nitrogens is 1. The minimum Gasteiger partial charge on any atom is -0.356 e. The van der Waals surface area contributed by atoms with Gasteiger partial charge in [-0.1, -0.05) is 182 Å². The van der Waals surface area contributed by atoms with E-state index in [1.165, 1.54) is 119 Å². The molecule has 0 saturated heterocycles. The molecule has 0 spiro atoms. The second-order valence-corrected chi connectivity index (χ2v) is 19.5. The van der Waals surface area contributed by atoms with E-state index in [1.807, 2.05) is 0 Å². The third-order valence-electron chi connectivity index (χ3n) is 15.2. The van der Waals surface area contributed by atoms with Crippen LogP contribution in [0.4, 0.5) is 28.4 Å². The van der Waals surface area contributed by atoms with E-state index in [0.29, 0.717) is 0 Å². The molecule has 0 bridgehead atoms. The van der Waals surface area contributed by atoms with Crippen LogP contribution in [0.25, 0.3) is 55.5 Å². The van der Waals surface area contributed by atoms with Crippen molar-refractivity contribution < 1.29 is 0 Å². The number of nitrogens with zero attached hydrogens (tertiary/aromatic N) is 2. The summed E-state index contributed by atoms with van der Waals surface area (Å²) >= 11 is 0. The average Bonchev–Trinajstić information content (AvgIpc) is 3.78. The molecule has 71 heavy (non-hydrogen) atoms. The molecule has 2 heterocycles. The first-order valence-corrected chi connectivity index (χ1v) is 25.5. The monoisotopic (exact) mass is 911 g/mol. The van der Waals surface area contributed by atoms with Gasteiger partial charge in [0.15, 0.2) is 0 Å². The predicted octanol–water partition coefficient (Wildman–Crippen LogP) is 15.6. The van der Waals surface area contributed by atoms with Gasteiger partial charge >= 0.3 is 0 Å². The zero-order valence-corrected chi connectivity index (χ0v) is 40.2. The molecular formula is C67H54BN3. The van der Waals surface area contributed by atoms with Crippen LogP contribution in [0.1, 0.15) is 48.1 Å². The largest absolute Gasteiger partial charge is 0.356 e. The van der Waals surface area contributed by atoms with E-state index in [1.54, 1.807) is 0 Å². The first-order valence-electron chi connectivity index (χ1n) is 25.5. The predicted molar refractivity (Wildman–Crippen MR) is 303 cm³/mol. The molecule has 1 N–H and O–H groups in total. The van der Waals surface area contributed by atoms with E-state index < -0.39 is 0 Å². The molecule has 3 aliphatic rings. The highest BCUT2D eigenvalue weighted by Crippen LogP contribution is 2.42. The number of anilines is 5. The molecule has 10 aromatic rings. The normalized spacial score (nSPS) is 13.9. The third kappa shape index (κ3) is 7.81. The molecule has 0 amide bonds. The molecule has 4 heteroatoms. The van der Waals surface area contributed by atoms with E-state index in [4.69, 9.17) is 0 Å². The van der Waals surface area contributed by atoms with Gasteiger partial charge in [0.1, 0.15) is 0 Å². The number of fused-ring (bicyclic) bond motifs is 5. The lowest BCUT2D eigenvalue weighted by atomic mass is 9.34. The fourth-order valence-corrected chi connectivity index (χ4v) is 11.8. The van der Waals surface area contributed by atoms with Gasteiger partial charge in [0.2, 0.25) is 6.71 Å². The fourth-order valence-electron chi connectivity index (χ4n) is 11.8. The summed E-state index contributed by atoms with van der Waals surface area (Å²) in [6.45, 7) is 2.23. The second-order valence-electron chi connectivity index (χ2n) is 19.5. The number of rotatable bonds is 9. The van der Waals surface area contributed by atoms with Gasteiger partial charge in [-0.25, -0.2) is 0 Å². The first kappa shape index (κ1) is 42.7. The van der Waals surface area contributed by atoms with Crippen molar-refractivity contribution in [3.8, 4) is 39.1 Å². The van der Waals surface area contributed by atoms with Crippen LogP contribution in [0.3, 0.4) is 0 Å². The summed E-state index contributed by atoms with van der Waals surface area (Å²) in [4.78, 5) is 2.56. The molecule has 2 aliphatic carbocycles. The second kappa shape index (κ2) is 18.2. The molecule has 13 rings (SSSR count). The smallest absolute Gasteiger partial charge is 0.249 e. The molecule has 0 fully saturated rings. The number of nitrogens with one attached hydrogen (secondary N) is 1. The van der Waals surface area contributed by atoms with E-state index in [9.17, 15) is 0 Å². The molecule has 0 unspecified atom stereocenters. The van der Waals surface area contributed by atoms with Crippen molar-refractivity contribution in [2.45, 2.75) is 45.4 Å². The Bertz CT molecular complexity index is 3660. The number of benzene rings is 9. The lowest BCUT2D eigenvalue weighted by molar-refractivity contribution is 0.667. The third-order valence-corrected chi connectivity index (χ3v) is 15.2. The Kier molecular flexibility index (Phi) is 11.0. The Morgan fingerprint density at radius 1 is 0.479 bits per heavy atom. The number of aryl methyl sites for hydroxylation is 2. The minimum absolute atomic E-state index is 0.129. The summed E-state index contributed by atoms with van der Waals surface area (Å²) in [6.07, 6.45) is 13.7. The summed E-state index contributed by atoms with van der Waals surface area (Å²) in [6, 6.07) is 79.0. The maximum atomic E-state index is 4.00. The maximum Gasteiger partial charge on any atom is 0.249 e. The molecular weight excluding hydrogens is 858 g/mol.